The first kappa shape index (κ1) is 18.6. The van der Waals surface area contributed by atoms with Crippen LogP contribution in [0, 0.1) is 6.92 Å². The zero-order valence-corrected chi connectivity index (χ0v) is 17.1. The van der Waals surface area contributed by atoms with Gasteiger partial charge in [-0.15, -0.1) is 22.7 Å². The van der Waals surface area contributed by atoms with Crippen LogP contribution < -0.4 is 11.3 Å². The number of carbonyl (C=O) groups excluding carboxylic acids is 1. The summed E-state index contributed by atoms with van der Waals surface area (Å²) >= 11 is 3.01. The van der Waals surface area contributed by atoms with E-state index in [-0.39, 0.29) is 5.56 Å². The average molecular weight is 410 g/mol. The Kier molecular flexibility index (Phi) is 4.87. The van der Waals surface area contributed by atoms with Crippen molar-refractivity contribution in [1.29, 1.82) is 0 Å². The summed E-state index contributed by atoms with van der Waals surface area (Å²) in [5.41, 5.74) is 8.18. The highest BCUT2D eigenvalue weighted by Gasteiger charge is 2.25. The van der Waals surface area contributed by atoms with E-state index in [1.54, 1.807) is 11.3 Å². The first-order chi connectivity index (χ1) is 13.5. The van der Waals surface area contributed by atoms with Crippen LogP contribution in [0.15, 0.2) is 52.0 Å². The largest absolute Gasteiger partial charge is 0.368 e. The van der Waals surface area contributed by atoms with Crippen LogP contribution >= 0.6 is 22.7 Å². The number of nitrogens with zero attached hydrogens (tertiary/aromatic N) is 2. The number of fused-ring (bicyclic) bond motifs is 1. The van der Waals surface area contributed by atoms with Crippen LogP contribution in [0.1, 0.15) is 24.9 Å². The zero-order valence-electron chi connectivity index (χ0n) is 15.5. The second kappa shape index (κ2) is 7.33. The minimum atomic E-state index is -0.753. The fraction of sp³-hybridized carbons (Fsp3) is 0.190. The number of aryl methyl sites for hydroxylation is 1. The lowest BCUT2D eigenvalue weighted by molar-refractivity contribution is -0.121. The third-order valence-electron chi connectivity index (χ3n) is 4.76. The van der Waals surface area contributed by atoms with Gasteiger partial charge in [-0.2, -0.15) is 0 Å². The molecule has 4 rings (SSSR count). The molecule has 0 saturated carbocycles. The Morgan fingerprint density at radius 1 is 1.21 bits per heavy atom. The molecule has 1 atom stereocenters. The van der Waals surface area contributed by atoms with E-state index in [0.29, 0.717) is 22.5 Å². The number of amides is 1. The summed E-state index contributed by atoms with van der Waals surface area (Å²) in [6.45, 7) is 3.84. The Labute approximate surface area is 170 Å². The summed E-state index contributed by atoms with van der Waals surface area (Å²) in [6.07, 6.45) is 0.416. The maximum atomic E-state index is 13.6. The zero-order chi connectivity index (χ0) is 19.8. The summed E-state index contributed by atoms with van der Waals surface area (Å²) in [4.78, 5) is 32.2. The Balaban J connectivity index is 2.07. The molecule has 1 unspecified atom stereocenters. The molecule has 3 aromatic heterocycles. The van der Waals surface area contributed by atoms with Crippen LogP contribution in [0.2, 0.25) is 0 Å². The standard InChI is InChI=1S/C21H19N3O2S2/c1-3-15(18(22)25)24-19(13-8-6-12(2)7-9-13)23-20-17(21(24)26)14(11-28-20)16-5-4-10-27-16/h4-11,15H,3H2,1-2H3,(H2,22,25). The van der Waals surface area contributed by atoms with Crippen molar-refractivity contribution in [2.45, 2.75) is 26.3 Å². The number of benzene rings is 1. The smallest absolute Gasteiger partial charge is 0.263 e. The molecule has 1 amide bonds. The van der Waals surface area contributed by atoms with Crippen molar-refractivity contribution in [3.63, 3.8) is 0 Å². The van der Waals surface area contributed by atoms with E-state index >= 15 is 0 Å². The summed E-state index contributed by atoms with van der Waals surface area (Å²) in [5.74, 6) is -0.0604. The number of rotatable bonds is 5. The number of nitrogens with two attached hydrogens (primary N) is 1. The minimum absolute atomic E-state index is 0.226. The van der Waals surface area contributed by atoms with Crippen LogP contribution in [0.4, 0.5) is 0 Å². The average Bonchev–Trinajstić information content (AvgIpc) is 3.33. The first-order valence-electron chi connectivity index (χ1n) is 8.95. The molecule has 3 heterocycles. The van der Waals surface area contributed by atoms with Gasteiger partial charge in [-0.25, -0.2) is 4.98 Å². The van der Waals surface area contributed by atoms with Gasteiger partial charge in [0.2, 0.25) is 5.91 Å². The molecule has 7 heteroatoms. The molecule has 28 heavy (non-hydrogen) atoms. The lowest BCUT2D eigenvalue weighted by Crippen LogP contribution is -2.35. The second-order valence-corrected chi connectivity index (χ2v) is 8.42. The molecule has 2 N–H and O–H groups in total. The molecule has 0 aliphatic heterocycles. The van der Waals surface area contributed by atoms with Crippen molar-refractivity contribution in [3.05, 3.63) is 63.1 Å². The number of hydrogen-bond donors (Lipinski definition) is 1. The van der Waals surface area contributed by atoms with Gasteiger partial charge in [0.15, 0.2) is 0 Å². The molecule has 0 radical (unpaired) electrons. The maximum Gasteiger partial charge on any atom is 0.263 e. The molecule has 0 aliphatic rings. The van der Waals surface area contributed by atoms with Crippen molar-refractivity contribution in [1.82, 2.24) is 9.55 Å². The van der Waals surface area contributed by atoms with Crippen molar-refractivity contribution in [3.8, 4) is 21.8 Å². The van der Waals surface area contributed by atoms with Gasteiger partial charge >= 0.3 is 0 Å². The van der Waals surface area contributed by atoms with Gasteiger partial charge in [-0.1, -0.05) is 42.8 Å². The second-order valence-electron chi connectivity index (χ2n) is 6.61. The topological polar surface area (TPSA) is 78.0 Å². The molecule has 0 bridgehead atoms. The normalized spacial score (nSPS) is 12.4. The van der Waals surface area contributed by atoms with E-state index in [9.17, 15) is 9.59 Å². The van der Waals surface area contributed by atoms with E-state index in [1.165, 1.54) is 15.9 Å². The highest BCUT2D eigenvalue weighted by Crippen LogP contribution is 2.35. The maximum absolute atomic E-state index is 13.6. The number of thiophene rings is 2. The Bertz CT molecular complexity index is 1210. The predicted molar refractivity (Wildman–Crippen MR) is 116 cm³/mol. The van der Waals surface area contributed by atoms with Crippen molar-refractivity contribution < 1.29 is 4.79 Å². The van der Waals surface area contributed by atoms with Gasteiger partial charge in [-0.3, -0.25) is 14.2 Å². The van der Waals surface area contributed by atoms with Gasteiger partial charge in [0, 0.05) is 21.4 Å². The number of hydrogen-bond acceptors (Lipinski definition) is 5. The van der Waals surface area contributed by atoms with Crippen molar-refractivity contribution in [2.75, 3.05) is 0 Å². The van der Waals surface area contributed by atoms with Crippen LogP contribution in [-0.4, -0.2) is 15.5 Å². The predicted octanol–water partition coefficient (Wildman–Crippen LogP) is 4.60. The summed E-state index contributed by atoms with van der Waals surface area (Å²) in [6, 6.07) is 10.9. The summed E-state index contributed by atoms with van der Waals surface area (Å²) < 4.78 is 1.47. The molecular formula is C21H19N3O2S2. The highest BCUT2D eigenvalue weighted by molar-refractivity contribution is 7.18. The third kappa shape index (κ3) is 3.06. The lowest BCUT2D eigenvalue weighted by atomic mass is 10.1. The fourth-order valence-electron chi connectivity index (χ4n) is 3.32. The van der Waals surface area contributed by atoms with Gasteiger partial charge in [-0.05, 0) is 24.8 Å². The quantitative estimate of drug-likeness (QED) is 0.523. The molecule has 142 valence electrons. The summed E-state index contributed by atoms with van der Waals surface area (Å²) in [5, 5.41) is 4.48. The molecule has 0 spiro atoms. The SMILES string of the molecule is CCC(C(N)=O)n1c(-c2ccc(C)cc2)nc2scc(-c3cccs3)c2c1=O. The molecule has 1 aromatic carbocycles. The lowest BCUT2D eigenvalue weighted by Gasteiger charge is -2.19. The Hall–Kier alpha value is -2.77. The number of carbonyl (C=O) groups is 1. The van der Waals surface area contributed by atoms with Gasteiger partial charge in [0.1, 0.15) is 16.7 Å². The van der Waals surface area contributed by atoms with Crippen LogP contribution in [-0.2, 0) is 4.79 Å². The van der Waals surface area contributed by atoms with E-state index in [2.05, 4.69) is 0 Å². The van der Waals surface area contributed by atoms with E-state index in [1.807, 2.05) is 61.0 Å². The molecule has 0 saturated heterocycles. The molecular weight excluding hydrogens is 390 g/mol. The molecule has 5 nitrogen and oxygen atoms in total. The van der Waals surface area contributed by atoms with Crippen LogP contribution in [0.5, 0.6) is 0 Å². The first-order valence-corrected chi connectivity index (χ1v) is 10.7. The molecule has 0 fully saturated rings. The fourth-order valence-corrected chi connectivity index (χ4v) is 5.07. The summed E-state index contributed by atoms with van der Waals surface area (Å²) in [7, 11) is 0. The van der Waals surface area contributed by atoms with Gasteiger partial charge < -0.3 is 5.73 Å². The van der Waals surface area contributed by atoms with E-state index in [0.717, 1.165) is 21.6 Å². The number of primary amides is 1. The van der Waals surface area contributed by atoms with Gasteiger partial charge in [0.25, 0.3) is 5.56 Å². The van der Waals surface area contributed by atoms with Crippen LogP contribution in [0.25, 0.3) is 32.0 Å². The Morgan fingerprint density at radius 2 is 1.96 bits per heavy atom. The van der Waals surface area contributed by atoms with E-state index in [4.69, 9.17) is 10.7 Å². The van der Waals surface area contributed by atoms with E-state index < -0.39 is 11.9 Å². The van der Waals surface area contributed by atoms with Gasteiger partial charge in [0.05, 0.1) is 5.39 Å². The Morgan fingerprint density at radius 3 is 2.57 bits per heavy atom. The molecule has 0 aliphatic carbocycles. The van der Waals surface area contributed by atoms with Crippen LogP contribution in [0.3, 0.4) is 0 Å². The highest BCUT2D eigenvalue weighted by atomic mass is 32.1. The monoisotopic (exact) mass is 409 g/mol. The van der Waals surface area contributed by atoms with Crippen molar-refractivity contribution in [2.24, 2.45) is 5.73 Å². The molecule has 4 aromatic rings. The number of aromatic nitrogens is 2. The van der Waals surface area contributed by atoms with Crippen molar-refractivity contribution >= 4 is 38.8 Å². The third-order valence-corrected chi connectivity index (χ3v) is 6.54. The minimum Gasteiger partial charge on any atom is -0.368 e.